The van der Waals surface area contributed by atoms with Crippen molar-refractivity contribution in [3.63, 3.8) is 0 Å². The van der Waals surface area contributed by atoms with E-state index >= 15 is 0 Å². The van der Waals surface area contributed by atoms with Gasteiger partial charge in [-0.3, -0.25) is 4.90 Å². The van der Waals surface area contributed by atoms with Crippen LogP contribution in [0.15, 0.2) is 0 Å². The van der Waals surface area contributed by atoms with Crippen LogP contribution in [0.2, 0.25) is 0 Å². The fraction of sp³-hybridized carbons (Fsp3) is 1.00. The molecule has 2 unspecified atom stereocenters. The number of nitrogens with zero attached hydrogens (tertiary/aromatic N) is 1. The van der Waals surface area contributed by atoms with E-state index in [0.29, 0.717) is 6.10 Å². The van der Waals surface area contributed by atoms with Gasteiger partial charge in [-0.25, -0.2) is 0 Å². The molecular weight excluding hydrogens is 236 g/mol. The zero-order chi connectivity index (χ0) is 13.5. The molecule has 1 saturated heterocycles. The van der Waals surface area contributed by atoms with E-state index < -0.39 is 0 Å². The maximum Gasteiger partial charge on any atom is 0.0518 e. The van der Waals surface area contributed by atoms with E-state index in [2.05, 4.69) is 24.1 Å². The summed E-state index contributed by atoms with van der Waals surface area (Å²) in [5, 5.41) is 3.56. The lowest BCUT2D eigenvalue weighted by Crippen LogP contribution is -2.39. The van der Waals surface area contributed by atoms with E-state index in [9.17, 15) is 0 Å². The molecule has 19 heavy (non-hydrogen) atoms. The Morgan fingerprint density at radius 2 is 2.00 bits per heavy atom. The van der Waals surface area contributed by atoms with E-state index in [1.54, 1.807) is 0 Å². The Kier molecular flexibility index (Phi) is 6.62. The molecule has 2 rings (SSSR count). The van der Waals surface area contributed by atoms with E-state index in [1.807, 2.05) is 0 Å². The van der Waals surface area contributed by atoms with Crippen molar-refractivity contribution in [2.45, 2.75) is 64.5 Å². The number of likely N-dealkylation sites (tertiary alicyclic amines) is 1. The highest BCUT2D eigenvalue weighted by Crippen LogP contribution is 2.35. The van der Waals surface area contributed by atoms with Gasteiger partial charge >= 0.3 is 0 Å². The van der Waals surface area contributed by atoms with Gasteiger partial charge in [0.25, 0.3) is 0 Å². The third kappa shape index (κ3) is 5.05. The normalized spacial score (nSPS) is 27.9. The van der Waals surface area contributed by atoms with Gasteiger partial charge in [0.1, 0.15) is 0 Å². The van der Waals surface area contributed by atoms with Crippen LogP contribution in [0.3, 0.4) is 0 Å². The molecule has 0 amide bonds. The maximum atomic E-state index is 5.54. The Morgan fingerprint density at radius 1 is 1.16 bits per heavy atom. The van der Waals surface area contributed by atoms with E-state index in [4.69, 9.17) is 4.74 Å². The van der Waals surface area contributed by atoms with Crippen LogP contribution in [0.5, 0.6) is 0 Å². The van der Waals surface area contributed by atoms with Crippen LogP contribution >= 0.6 is 0 Å². The summed E-state index contributed by atoms with van der Waals surface area (Å²) in [6, 6.07) is 0.917. The molecule has 1 aliphatic carbocycles. The second-order valence-electron chi connectivity index (χ2n) is 6.46. The molecular formula is C16H32N2O. The predicted molar refractivity (Wildman–Crippen MR) is 80.5 cm³/mol. The zero-order valence-corrected chi connectivity index (χ0v) is 12.9. The molecule has 2 atom stereocenters. The molecule has 0 aromatic carbocycles. The van der Waals surface area contributed by atoms with Gasteiger partial charge in [0.05, 0.1) is 6.10 Å². The lowest BCUT2D eigenvalue weighted by Gasteiger charge is -2.31. The number of ether oxygens (including phenoxy) is 1. The third-order valence-electron chi connectivity index (χ3n) is 4.65. The fourth-order valence-electron chi connectivity index (χ4n) is 3.64. The number of fused-ring (bicyclic) bond motifs is 1. The highest BCUT2D eigenvalue weighted by Gasteiger charge is 2.34. The summed E-state index contributed by atoms with van der Waals surface area (Å²) < 4.78 is 5.54. The van der Waals surface area contributed by atoms with Crippen molar-refractivity contribution in [1.82, 2.24) is 10.2 Å². The average molecular weight is 268 g/mol. The Bertz CT molecular complexity index is 245. The van der Waals surface area contributed by atoms with Crippen LogP contribution in [-0.4, -0.2) is 49.8 Å². The quantitative estimate of drug-likeness (QED) is 0.685. The lowest BCUT2D eigenvalue weighted by molar-refractivity contribution is 0.0769. The van der Waals surface area contributed by atoms with Gasteiger partial charge in [-0.05, 0) is 58.5 Å². The van der Waals surface area contributed by atoms with Gasteiger partial charge in [0.2, 0.25) is 0 Å². The van der Waals surface area contributed by atoms with Crippen molar-refractivity contribution in [1.29, 1.82) is 0 Å². The van der Waals surface area contributed by atoms with E-state index in [0.717, 1.165) is 38.1 Å². The van der Waals surface area contributed by atoms with Crippen LogP contribution < -0.4 is 5.32 Å². The molecule has 1 saturated carbocycles. The standard InChI is InChI=1S/C16H32N2O/c1-14(2)19-13-5-9-17-10-12-18-11-8-15-6-3-4-7-16(15)18/h14-17H,3-13H2,1-2H3. The molecule has 2 fully saturated rings. The lowest BCUT2D eigenvalue weighted by atomic mass is 9.85. The minimum atomic E-state index is 0.368. The van der Waals surface area contributed by atoms with Gasteiger partial charge in [0.15, 0.2) is 0 Å². The van der Waals surface area contributed by atoms with Gasteiger partial charge < -0.3 is 10.1 Å². The summed E-state index contributed by atoms with van der Waals surface area (Å²) in [7, 11) is 0. The van der Waals surface area contributed by atoms with Crippen molar-refractivity contribution in [2.75, 3.05) is 32.8 Å². The molecule has 0 aromatic heterocycles. The molecule has 0 radical (unpaired) electrons. The Balaban J connectivity index is 1.49. The molecule has 2 aliphatic rings. The van der Waals surface area contributed by atoms with Crippen LogP contribution in [-0.2, 0) is 4.74 Å². The van der Waals surface area contributed by atoms with Gasteiger partial charge in [0, 0.05) is 25.7 Å². The van der Waals surface area contributed by atoms with E-state index in [-0.39, 0.29) is 0 Å². The first-order valence-electron chi connectivity index (χ1n) is 8.33. The topological polar surface area (TPSA) is 24.5 Å². The Labute approximate surface area is 119 Å². The number of nitrogens with one attached hydrogen (secondary N) is 1. The first kappa shape index (κ1) is 15.3. The molecule has 112 valence electrons. The minimum Gasteiger partial charge on any atom is -0.379 e. The van der Waals surface area contributed by atoms with Gasteiger partial charge in [-0.1, -0.05) is 12.8 Å². The number of hydrogen-bond donors (Lipinski definition) is 1. The maximum absolute atomic E-state index is 5.54. The van der Waals surface area contributed by atoms with Crippen molar-refractivity contribution < 1.29 is 4.74 Å². The van der Waals surface area contributed by atoms with Crippen molar-refractivity contribution >= 4 is 0 Å². The second kappa shape index (κ2) is 8.23. The fourth-order valence-corrected chi connectivity index (χ4v) is 3.64. The highest BCUT2D eigenvalue weighted by molar-refractivity contribution is 4.89. The van der Waals surface area contributed by atoms with Crippen LogP contribution in [0.1, 0.15) is 52.4 Å². The molecule has 1 aliphatic heterocycles. The smallest absolute Gasteiger partial charge is 0.0518 e. The average Bonchev–Trinajstić information content (AvgIpc) is 2.81. The van der Waals surface area contributed by atoms with Crippen molar-refractivity contribution in [3.05, 3.63) is 0 Å². The number of hydrogen-bond acceptors (Lipinski definition) is 3. The third-order valence-corrected chi connectivity index (χ3v) is 4.65. The summed E-state index contributed by atoms with van der Waals surface area (Å²) in [4.78, 5) is 2.74. The Morgan fingerprint density at radius 3 is 2.84 bits per heavy atom. The Hall–Kier alpha value is -0.120. The summed E-state index contributed by atoms with van der Waals surface area (Å²) in [6.45, 7) is 9.90. The van der Waals surface area contributed by atoms with Crippen LogP contribution in [0, 0.1) is 5.92 Å². The van der Waals surface area contributed by atoms with Crippen molar-refractivity contribution in [2.24, 2.45) is 5.92 Å². The summed E-state index contributed by atoms with van der Waals surface area (Å²) in [5.74, 6) is 1.02. The molecule has 0 spiro atoms. The predicted octanol–water partition coefficient (Wildman–Crippen LogP) is 2.66. The summed E-state index contributed by atoms with van der Waals surface area (Å²) in [5.41, 5.74) is 0. The first-order valence-corrected chi connectivity index (χ1v) is 8.33. The summed E-state index contributed by atoms with van der Waals surface area (Å²) >= 11 is 0. The number of rotatable bonds is 8. The van der Waals surface area contributed by atoms with Gasteiger partial charge in [-0.2, -0.15) is 0 Å². The minimum absolute atomic E-state index is 0.368. The molecule has 1 heterocycles. The highest BCUT2D eigenvalue weighted by atomic mass is 16.5. The summed E-state index contributed by atoms with van der Waals surface area (Å²) in [6.07, 6.45) is 8.82. The molecule has 3 nitrogen and oxygen atoms in total. The molecule has 1 N–H and O–H groups in total. The van der Waals surface area contributed by atoms with Crippen LogP contribution in [0.4, 0.5) is 0 Å². The largest absolute Gasteiger partial charge is 0.379 e. The van der Waals surface area contributed by atoms with E-state index in [1.165, 1.54) is 45.2 Å². The zero-order valence-electron chi connectivity index (χ0n) is 12.9. The van der Waals surface area contributed by atoms with Crippen LogP contribution in [0.25, 0.3) is 0 Å². The molecule has 3 heteroatoms. The monoisotopic (exact) mass is 268 g/mol. The second-order valence-corrected chi connectivity index (χ2v) is 6.46. The first-order chi connectivity index (χ1) is 9.27. The SMILES string of the molecule is CC(C)OCCCNCCN1CCC2CCCCC21. The molecule has 0 bridgehead atoms. The van der Waals surface area contributed by atoms with Crippen molar-refractivity contribution in [3.8, 4) is 0 Å². The molecule has 0 aromatic rings. The van der Waals surface area contributed by atoms with Gasteiger partial charge in [-0.15, -0.1) is 0 Å².